The lowest BCUT2D eigenvalue weighted by molar-refractivity contribution is 0.162. The fraction of sp³-hybridized carbons (Fsp3) is 0.905. The molecule has 0 radical (unpaired) electrons. The lowest BCUT2D eigenvalue weighted by atomic mass is 9.69. The first-order valence-electron chi connectivity index (χ1n) is 10.6. The summed E-state index contributed by atoms with van der Waals surface area (Å²) in [5.41, 5.74) is 6.74. The SMILES string of the molecule is C=C(NCCCNCCCCNCCCN)C1CC(C)C(C)CC1C. The summed E-state index contributed by atoms with van der Waals surface area (Å²) in [4.78, 5) is 0. The fourth-order valence-electron chi connectivity index (χ4n) is 3.90. The smallest absolute Gasteiger partial charge is 0.0155 e. The fourth-order valence-corrected chi connectivity index (χ4v) is 3.90. The maximum absolute atomic E-state index is 5.47. The maximum Gasteiger partial charge on any atom is 0.0155 e. The molecule has 0 bridgehead atoms. The van der Waals surface area contributed by atoms with E-state index in [9.17, 15) is 0 Å². The van der Waals surface area contributed by atoms with E-state index in [1.165, 1.54) is 37.8 Å². The molecule has 4 heteroatoms. The number of nitrogens with one attached hydrogen (secondary N) is 3. The standard InChI is InChI=1S/C21H44N4/c1-17-15-19(3)21(16-18(17)2)20(4)25-14-8-13-24-11-6-5-10-23-12-7-9-22/h17-19,21,23-25H,4-16,22H2,1-3H3. The minimum atomic E-state index is 0.658. The molecule has 1 fully saturated rings. The van der Waals surface area contributed by atoms with Crippen molar-refractivity contribution >= 4 is 0 Å². The Balaban J connectivity index is 1.95. The highest BCUT2D eigenvalue weighted by Gasteiger charge is 2.31. The summed E-state index contributed by atoms with van der Waals surface area (Å²) >= 11 is 0. The summed E-state index contributed by atoms with van der Waals surface area (Å²) in [6.07, 6.45) is 7.37. The van der Waals surface area contributed by atoms with Crippen molar-refractivity contribution in [2.75, 3.05) is 39.3 Å². The zero-order chi connectivity index (χ0) is 18.5. The third kappa shape index (κ3) is 9.62. The first-order valence-corrected chi connectivity index (χ1v) is 10.6. The zero-order valence-electron chi connectivity index (χ0n) is 17.1. The Bertz CT molecular complexity index is 345. The zero-order valence-corrected chi connectivity index (χ0v) is 17.1. The molecule has 1 aliphatic carbocycles. The first-order chi connectivity index (χ1) is 12.1. The minimum absolute atomic E-state index is 0.658. The number of unbranched alkanes of at least 4 members (excludes halogenated alkanes) is 1. The highest BCUT2D eigenvalue weighted by Crippen LogP contribution is 2.39. The Hall–Kier alpha value is -0.580. The lowest BCUT2D eigenvalue weighted by Crippen LogP contribution is -2.33. The molecule has 4 unspecified atom stereocenters. The number of hydrogen-bond donors (Lipinski definition) is 4. The predicted molar refractivity (Wildman–Crippen MR) is 111 cm³/mol. The average Bonchev–Trinajstić information content (AvgIpc) is 2.59. The van der Waals surface area contributed by atoms with Crippen LogP contribution < -0.4 is 21.7 Å². The summed E-state index contributed by atoms with van der Waals surface area (Å²) in [5.74, 6) is 3.11. The summed E-state index contributed by atoms with van der Waals surface area (Å²) in [5, 5.41) is 10.6. The van der Waals surface area contributed by atoms with Gasteiger partial charge in [-0.15, -0.1) is 0 Å². The van der Waals surface area contributed by atoms with Gasteiger partial charge in [0.25, 0.3) is 0 Å². The Morgan fingerprint density at radius 1 is 0.800 bits per heavy atom. The van der Waals surface area contributed by atoms with E-state index in [2.05, 4.69) is 43.3 Å². The van der Waals surface area contributed by atoms with Gasteiger partial charge in [0.05, 0.1) is 0 Å². The molecule has 25 heavy (non-hydrogen) atoms. The maximum atomic E-state index is 5.47. The van der Waals surface area contributed by atoms with E-state index >= 15 is 0 Å². The largest absolute Gasteiger partial charge is 0.389 e. The summed E-state index contributed by atoms with van der Waals surface area (Å²) in [7, 11) is 0. The Morgan fingerprint density at radius 3 is 2.00 bits per heavy atom. The van der Waals surface area contributed by atoms with E-state index < -0.39 is 0 Å². The molecule has 0 saturated heterocycles. The van der Waals surface area contributed by atoms with Crippen LogP contribution in [0.25, 0.3) is 0 Å². The second-order valence-corrected chi connectivity index (χ2v) is 8.16. The van der Waals surface area contributed by atoms with Crippen LogP contribution in [0.1, 0.15) is 59.3 Å². The van der Waals surface area contributed by atoms with Crippen LogP contribution in [-0.4, -0.2) is 39.3 Å². The van der Waals surface area contributed by atoms with Crippen LogP contribution in [0.5, 0.6) is 0 Å². The van der Waals surface area contributed by atoms with Crippen LogP contribution in [0.4, 0.5) is 0 Å². The van der Waals surface area contributed by atoms with Gasteiger partial charge < -0.3 is 21.7 Å². The molecule has 0 amide bonds. The van der Waals surface area contributed by atoms with Crippen molar-refractivity contribution in [1.29, 1.82) is 0 Å². The molecular weight excluding hydrogens is 308 g/mol. The summed E-state index contributed by atoms with van der Waals surface area (Å²) in [6.45, 7) is 17.7. The molecule has 0 aromatic heterocycles. The number of allylic oxidation sites excluding steroid dienone is 1. The van der Waals surface area contributed by atoms with Crippen molar-refractivity contribution in [2.24, 2.45) is 29.4 Å². The van der Waals surface area contributed by atoms with E-state index in [0.29, 0.717) is 5.92 Å². The van der Waals surface area contributed by atoms with Crippen LogP contribution in [-0.2, 0) is 0 Å². The highest BCUT2D eigenvalue weighted by molar-refractivity contribution is 5.02. The molecule has 4 nitrogen and oxygen atoms in total. The van der Waals surface area contributed by atoms with Crippen molar-refractivity contribution in [3.05, 3.63) is 12.3 Å². The molecule has 0 aromatic rings. The monoisotopic (exact) mass is 352 g/mol. The minimum Gasteiger partial charge on any atom is -0.389 e. The molecule has 0 heterocycles. The van der Waals surface area contributed by atoms with Crippen molar-refractivity contribution in [3.8, 4) is 0 Å². The molecule has 0 aliphatic heterocycles. The van der Waals surface area contributed by atoms with Gasteiger partial charge in [-0.05, 0) is 89.0 Å². The highest BCUT2D eigenvalue weighted by atomic mass is 14.9. The van der Waals surface area contributed by atoms with Crippen molar-refractivity contribution < 1.29 is 0 Å². The molecule has 0 aromatic carbocycles. The van der Waals surface area contributed by atoms with Crippen molar-refractivity contribution in [3.63, 3.8) is 0 Å². The number of nitrogens with two attached hydrogens (primary N) is 1. The van der Waals surface area contributed by atoms with Gasteiger partial charge in [0, 0.05) is 18.2 Å². The van der Waals surface area contributed by atoms with Gasteiger partial charge in [0.1, 0.15) is 0 Å². The topological polar surface area (TPSA) is 62.1 Å². The predicted octanol–water partition coefficient (Wildman–Crippen LogP) is 3.11. The molecule has 1 aliphatic rings. The Kier molecular flexibility index (Phi) is 12.2. The van der Waals surface area contributed by atoms with E-state index in [1.807, 2.05) is 0 Å². The van der Waals surface area contributed by atoms with E-state index in [-0.39, 0.29) is 0 Å². The van der Waals surface area contributed by atoms with E-state index in [1.54, 1.807) is 0 Å². The molecule has 1 rings (SSSR count). The third-order valence-electron chi connectivity index (χ3n) is 5.87. The summed E-state index contributed by atoms with van der Waals surface area (Å²) < 4.78 is 0. The molecule has 1 saturated carbocycles. The third-order valence-corrected chi connectivity index (χ3v) is 5.87. The molecule has 5 N–H and O–H groups in total. The second kappa shape index (κ2) is 13.6. The molecular formula is C21H44N4. The quantitative estimate of drug-likeness (QED) is 0.363. The molecule has 148 valence electrons. The van der Waals surface area contributed by atoms with Gasteiger partial charge in [-0.3, -0.25) is 0 Å². The molecule has 4 atom stereocenters. The Labute approximate surface area is 156 Å². The van der Waals surface area contributed by atoms with Gasteiger partial charge >= 0.3 is 0 Å². The normalized spacial score (nSPS) is 26.6. The van der Waals surface area contributed by atoms with Crippen LogP contribution in [0.3, 0.4) is 0 Å². The van der Waals surface area contributed by atoms with Gasteiger partial charge in [-0.1, -0.05) is 27.4 Å². The number of rotatable bonds is 14. The van der Waals surface area contributed by atoms with E-state index in [4.69, 9.17) is 5.73 Å². The van der Waals surface area contributed by atoms with Crippen LogP contribution in [0.2, 0.25) is 0 Å². The Morgan fingerprint density at radius 2 is 1.36 bits per heavy atom. The van der Waals surface area contributed by atoms with Gasteiger partial charge in [-0.25, -0.2) is 0 Å². The van der Waals surface area contributed by atoms with Crippen LogP contribution in [0, 0.1) is 23.7 Å². The second-order valence-electron chi connectivity index (χ2n) is 8.16. The lowest BCUT2D eigenvalue weighted by Gasteiger charge is -2.38. The number of hydrogen-bond acceptors (Lipinski definition) is 4. The first kappa shape index (κ1) is 22.5. The molecule has 0 spiro atoms. The van der Waals surface area contributed by atoms with Gasteiger partial charge in [0.2, 0.25) is 0 Å². The average molecular weight is 353 g/mol. The van der Waals surface area contributed by atoms with Gasteiger partial charge in [0.15, 0.2) is 0 Å². The van der Waals surface area contributed by atoms with Crippen molar-refractivity contribution in [2.45, 2.75) is 59.3 Å². The van der Waals surface area contributed by atoms with Gasteiger partial charge in [-0.2, -0.15) is 0 Å². The van der Waals surface area contributed by atoms with Crippen LogP contribution in [0.15, 0.2) is 12.3 Å². The summed E-state index contributed by atoms with van der Waals surface area (Å²) in [6, 6.07) is 0. The van der Waals surface area contributed by atoms with Crippen molar-refractivity contribution in [1.82, 2.24) is 16.0 Å². The van der Waals surface area contributed by atoms with Crippen LogP contribution >= 0.6 is 0 Å². The van der Waals surface area contributed by atoms with E-state index in [0.717, 1.165) is 63.4 Å².